The molecule has 6 aromatic rings. The third-order valence-corrected chi connectivity index (χ3v) is 9.29. The van der Waals surface area contributed by atoms with Gasteiger partial charge in [0.1, 0.15) is 0 Å². The molecule has 2 saturated heterocycles. The number of pyridine rings is 4. The van der Waals surface area contributed by atoms with Gasteiger partial charge in [0.2, 0.25) is 0 Å². The summed E-state index contributed by atoms with van der Waals surface area (Å²) in [6, 6.07) is 23.2. The largest absolute Gasteiger partial charge is 0.478 e. The van der Waals surface area contributed by atoms with Crippen molar-refractivity contribution in [3.63, 3.8) is 0 Å². The number of esters is 1. The van der Waals surface area contributed by atoms with E-state index in [1.54, 1.807) is 24.4 Å². The third-order valence-electron chi connectivity index (χ3n) is 9.29. The first-order valence-electron chi connectivity index (χ1n) is 17.6. The van der Waals surface area contributed by atoms with Gasteiger partial charge in [-0.1, -0.05) is 19.6 Å². The molecule has 0 aliphatic carbocycles. The minimum Gasteiger partial charge on any atom is -0.478 e. The van der Waals surface area contributed by atoms with E-state index < -0.39 is 5.97 Å². The maximum atomic E-state index is 11.7. The lowest BCUT2D eigenvalue weighted by atomic mass is 10.0. The Bertz CT molecular complexity index is 2240. The van der Waals surface area contributed by atoms with Crippen LogP contribution in [0.1, 0.15) is 50.7 Å². The number of benzene rings is 2. The van der Waals surface area contributed by atoms with Crippen molar-refractivity contribution in [1.29, 1.82) is 0 Å². The molecule has 0 atom stereocenters. The average molecular weight is 729 g/mol. The zero-order chi connectivity index (χ0) is 36.6. The van der Waals surface area contributed by atoms with E-state index in [0.29, 0.717) is 18.4 Å². The summed E-state index contributed by atoms with van der Waals surface area (Å²) in [6.45, 7) is 6.50. The Morgan fingerprint density at radius 1 is 0.648 bits per heavy atom. The summed E-state index contributed by atoms with van der Waals surface area (Å²) in [6.07, 6.45) is 8.24. The van der Waals surface area contributed by atoms with E-state index in [4.69, 9.17) is 19.3 Å². The summed E-state index contributed by atoms with van der Waals surface area (Å²) in [7, 11) is 1.38. The lowest BCUT2D eigenvalue weighted by Crippen LogP contribution is -2.36. The molecule has 8 rings (SSSR count). The van der Waals surface area contributed by atoms with Crippen molar-refractivity contribution < 1.29 is 28.9 Å². The van der Waals surface area contributed by atoms with Crippen LogP contribution >= 0.6 is 0 Å². The van der Waals surface area contributed by atoms with Crippen LogP contribution in [-0.4, -0.2) is 96.7 Å². The minimum atomic E-state index is -0.938. The average Bonchev–Trinajstić information content (AvgIpc) is 3.21. The number of carboxylic acid groups (broad SMARTS) is 1. The number of aromatic carboxylic acids is 1. The number of carbonyl (C=O) groups is 2. The molecular formula is C42H44N6O6. The minimum absolute atomic E-state index is 0. The maximum absolute atomic E-state index is 11.7. The van der Waals surface area contributed by atoms with Crippen molar-refractivity contribution in [1.82, 2.24) is 19.9 Å². The normalized spacial score (nSPS) is 14.2. The van der Waals surface area contributed by atoms with Gasteiger partial charge in [0.05, 0.1) is 79.5 Å². The number of carbonyl (C=O) groups excluding carboxylic acids is 1. The van der Waals surface area contributed by atoms with Gasteiger partial charge in [0.25, 0.3) is 0 Å². The third kappa shape index (κ3) is 9.32. The molecular weight excluding hydrogens is 684 g/mol. The van der Waals surface area contributed by atoms with E-state index in [0.717, 1.165) is 108 Å². The molecule has 12 nitrogen and oxygen atoms in total. The molecule has 0 spiro atoms. The van der Waals surface area contributed by atoms with Crippen LogP contribution < -0.4 is 9.80 Å². The lowest BCUT2D eigenvalue weighted by Gasteiger charge is -2.28. The number of fused-ring (bicyclic) bond motifs is 2. The van der Waals surface area contributed by atoms with Crippen LogP contribution in [0, 0.1) is 0 Å². The van der Waals surface area contributed by atoms with E-state index in [1.165, 1.54) is 19.4 Å². The van der Waals surface area contributed by atoms with Crippen LogP contribution in [0.3, 0.4) is 0 Å². The summed E-state index contributed by atoms with van der Waals surface area (Å²) in [5.74, 6) is -1.29. The zero-order valence-corrected chi connectivity index (χ0v) is 29.5. The summed E-state index contributed by atoms with van der Waals surface area (Å²) < 4.78 is 15.6. The monoisotopic (exact) mass is 728 g/mol. The van der Waals surface area contributed by atoms with Gasteiger partial charge in [-0.3, -0.25) is 19.9 Å². The van der Waals surface area contributed by atoms with E-state index in [9.17, 15) is 9.59 Å². The van der Waals surface area contributed by atoms with Gasteiger partial charge in [-0.2, -0.15) is 0 Å². The summed E-state index contributed by atoms with van der Waals surface area (Å²) in [5, 5.41) is 11.3. The van der Waals surface area contributed by atoms with Gasteiger partial charge in [-0.05, 0) is 71.8 Å². The molecule has 0 amide bonds. The Morgan fingerprint density at radius 2 is 1.11 bits per heavy atom. The highest BCUT2D eigenvalue weighted by molar-refractivity contribution is 5.89. The quantitative estimate of drug-likeness (QED) is 0.178. The maximum Gasteiger partial charge on any atom is 0.337 e. The van der Waals surface area contributed by atoms with E-state index in [1.807, 2.05) is 30.6 Å². The van der Waals surface area contributed by atoms with Crippen LogP contribution in [0.4, 0.5) is 11.4 Å². The summed E-state index contributed by atoms with van der Waals surface area (Å²) in [5.41, 5.74) is 8.66. The van der Waals surface area contributed by atoms with Crippen LogP contribution in [0.2, 0.25) is 0 Å². The highest BCUT2D eigenvalue weighted by Crippen LogP contribution is 2.24. The molecule has 0 radical (unpaired) electrons. The molecule has 1 N–H and O–H groups in total. The molecule has 2 fully saturated rings. The molecule has 6 heterocycles. The van der Waals surface area contributed by atoms with E-state index in [-0.39, 0.29) is 19.0 Å². The Kier molecular flexibility index (Phi) is 12.4. The number of rotatable bonds is 8. The SMILES string of the molecule is C.COC(=O)c1ccnc(Cc2ccc3ncc(N4CCOCC4)cc3c2)c1.O=C(O)c1ccnc(Cc2ccc3ncc(N4CCOCC4)cc3c2)c1. The van der Waals surface area contributed by atoms with Crippen LogP contribution in [0.5, 0.6) is 0 Å². The first-order valence-corrected chi connectivity index (χ1v) is 17.6. The van der Waals surface area contributed by atoms with Crippen molar-refractivity contribution in [2.24, 2.45) is 0 Å². The highest BCUT2D eigenvalue weighted by atomic mass is 16.5. The highest BCUT2D eigenvalue weighted by Gasteiger charge is 2.14. The van der Waals surface area contributed by atoms with Crippen LogP contribution in [0.25, 0.3) is 21.8 Å². The van der Waals surface area contributed by atoms with Gasteiger partial charge in [0, 0.05) is 73.6 Å². The predicted molar refractivity (Wildman–Crippen MR) is 209 cm³/mol. The van der Waals surface area contributed by atoms with Gasteiger partial charge >= 0.3 is 11.9 Å². The molecule has 0 saturated carbocycles. The van der Waals surface area contributed by atoms with Gasteiger partial charge in [0.15, 0.2) is 0 Å². The van der Waals surface area contributed by atoms with Crippen molar-refractivity contribution in [2.75, 3.05) is 69.5 Å². The van der Waals surface area contributed by atoms with Gasteiger partial charge < -0.3 is 29.1 Å². The number of methoxy groups -OCH3 is 1. The second kappa shape index (κ2) is 17.7. The van der Waals surface area contributed by atoms with Crippen LogP contribution in [0.15, 0.2) is 97.6 Å². The van der Waals surface area contributed by atoms with Crippen molar-refractivity contribution in [3.8, 4) is 0 Å². The molecule has 0 bridgehead atoms. The molecule has 2 aliphatic heterocycles. The number of carboxylic acids is 1. The number of hydrogen-bond acceptors (Lipinski definition) is 11. The first kappa shape index (κ1) is 37.8. The molecule has 12 heteroatoms. The fourth-order valence-corrected chi connectivity index (χ4v) is 6.49. The Hall–Kier alpha value is -5.98. The predicted octanol–water partition coefficient (Wildman–Crippen LogP) is 6.24. The second-order valence-electron chi connectivity index (χ2n) is 12.9. The molecule has 2 aromatic carbocycles. The van der Waals surface area contributed by atoms with Gasteiger partial charge in [-0.15, -0.1) is 0 Å². The topological polar surface area (TPSA) is 140 Å². The molecule has 0 unspecified atom stereocenters. The number of nitrogens with zero attached hydrogens (tertiary/aromatic N) is 6. The molecule has 4 aromatic heterocycles. The zero-order valence-electron chi connectivity index (χ0n) is 29.5. The van der Waals surface area contributed by atoms with E-state index in [2.05, 4.69) is 60.1 Å². The Balaban J connectivity index is 0.000000181. The number of morpholine rings is 2. The number of ether oxygens (including phenoxy) is 3. The standard InChI is InChI=1S/C21H21N3O3.C20H19N3O3.CH4/c1-26-21(25)16-4-5-22-18(12-16)11-15-2-3-20-17(10-15)13-19(14-23-20)24-6-8-27-9-7-24;24-20(25)15-3-4-21-17(11-15)10-14-1-2-19-16(9-14)12-18(13-22-19)23-5-7-26-8-6-23;/h2-5,10,12-14H,6-9,11H2,1H3;1-4,9,11-13H,5-8,10H2,(H,24,25);1H4. The Morgan fingerprint density at radius 3 is 1.57 bits per heavy atom. The second-order valence-corrected chi connectivity index (χ2v) is 12.9. The molecule has 278 valence electrons. The van der Waals surface area contributed by atoms with E-state index >= 15 is 0 Å². The smallest absolute Gasteiger partial charge is 0.337 e. The molecule has 54 heavy (non-hydrogen) atoms. The fraction of sp³-hybridized carbons (Fsp3) is 0.286. The number of anilines is 2. The number of aromatic nitrogens is 4. The fourth-order valence-electron chi connectivity index (χ4n) is 6.49. The summed E-state index contributed by atoms with van der Waals surface area (Å²) in [4.78, 5) is 45.2. The van der Waals surface area contributed by atoms with Gasteiger partial charge in [-0.25, -0.2) is 9.59 Å². The first-order chi connectivity index (χ1) is 25.9. The number of hydrogen-bond donors (Lipinski definition) is 1. The van der Waals surface area contributed by atoms with Crippen molar-refractivity contribution in [2.45, 2.75) is 20.3 Å². The van der Waals surface area contributed by atoms with Crippen molar-refractivity contribution >= 4 is 45.1 Å². The lowest BCUT2D eigenvalue weighted by molar-refractivity contribution is 0.0599. The summed E-state index contributed by atoms with van der Waals surface area (Å²) >= 11 is 0. The Labute approximate surface area is 314 Å². The van der Waals surface area contributed by atoms with Crippen molar-refractivity contribution in [3.05, 3.63) is 131 Å². The van der Waals surface area contributed by atoms with Crippen LogP contribution in [-0.2, 0) is 27.1 Å². The molecule has 2 aliphatic rings.